The van der Waals surface area contributed by atoms with Gasteiger partial charge in [0.2, 0.25) is 0 Å². The molecule has 3 heterocycles. The van der Waals surface area contributed by atoms with Crippen LogP contribution in [0.5, 0.6) is 5.75 Å². The monoisotopic (exact) mass is 412 g/mol. The van der Waals surface area contributed by atoms with E-state index in [2.05, 4.69) is 11.1 Å². The Kier molecular flexibility index (Phi) is 4.15. The third-order valence-corrected chi connectivity index (χ3v) is 5.56. The average molecular weight is 412 g/mol. The van der Waals surface area contributed by atoms with E-state index in [1.807, 2.05) is 50.2 Å². The molecule has 0 unspecified atom stereocenters. The van der Waals surface area contributed by atoms with Crippen molar-refractivity contribution in [3.05, 3.63) is 70.9 Å². The van der Waals surface area contributed by atoms with Gasteiger partial charge in [-0.2, -0.15) is 5.10 Å². The molecule has 1 aliphatic rings. The molecule has 0 saturated carbocycles. The van der Waals surface area contributed by atoms with Gasteiger partial charge in [0.05, 0.1) is 29.3 Å². The summed E-state index contributed by atoms with van der Waals surface area (Å²) in [5, 5.41) is 5.43. The fourth-order valence-electron chi connectivity index (χ4n) is 4.11. The van der Waals surface area contributed by atoms with Gasteiger partial charge < -0.3 is 4.74 Å². The molecule has 0 N–H and O–H groups in total. The van der Waals surface area contributed by atoms with Crippen LogP contribution in [0.4, 0.5) is 0 Å². The zero-order chi connectivity index (χ0) is 21.9. The molecule has 0 aliphatic carbocycles. The summed E-state index contributed by atoms with van der Waals surface area (Å²) in [6.45, 7) is 4.05. The number of methoxy groups -OCH3 is 1. The van der Waals surface area contributed by atoms with Crippen molar-refractivity contribution in [3.8, 4) is 22.7 Å². The maximum absolute atomic E-state index is 13.0. The molecule has 7 nitrogen and oxygen atoms in total. The van der Waals surface area contributed by atoms with Crippen LogP contribution in [0.1, 0.15) is 31.8 Å². The third kappa shape index (κ3) is 2.81. The molecule has 0 atom stereocenters. The van der Waals surface area contributed by atoms with Gasteiger partial charge in [-0.1, -0.05) is 6.07 Å². The highest BCUT2D eigenvalue weighted by Crippen LogP contribution is 2.36. The Balaban J connectivity index is 1.87. The minimum absolute atomic E-state index is 0.301. The van der Waals surface area contributed by atoms with Crippen molar-refractivity contribution in [2.75, 3.05) is 14.2 Å². The van der Waals surface area contributed by atoms with Crippen LogP contribution in [-0.4, -0.2) is 45.6 Å². The first-order chi connectivity index (χ1) is 14.9. The lowest BCUT2D eigenvalue weighted by atomic mass is 10.0. The van der Waals surface area contributed by atoms with Crippen LogP contribution in [0, 0.1) is 13.8 Å². The summed E-state index contributed by atoms with van der Waals surface area (Å²) >= 11 is 0. The van der Waals surface area contributed by atoms with E-state index in [1.165, 1.54) is 13.2 Å². The van der Waals surface area contributed by atoms with E-state index >= 15 is 0 Å². The lowest BCUT2D eigenvalue weighted by Gasteiger charge is -2.06. The molecule has 0 spiro atoms. The van der Waals surface area contributed by atoms with Gasteiger partial charge in [0.25, 0.3) is 11.8 Å². The van der Waals surface area contributed by atoms with E-state index in [0.29, 0.717) is 27.9 Å². The molecule has 2 amide bonds. The summed E-state index contributed by atoms with van der Waals surface area (Å²) in [5.41, 5.74) is 5.62. The molecule has 31 heavy (non-hydrogen) atoms. The highest BCUT2D eigenvalue weighted by atomic mass is 16.5. The molecule has 0 radical (unpaired) electrons. The Labute approximate surface area is 178 Å². The predicted molar refractivity (Wildman–Crippen MR) is 117 cm³/mol. The third-order valence-electron chi connectivity index (χ3n) is 5.56. The summed E-state index contributed by atoms with van der Waals surface area (Å²) in [6, 6.07) is 13.6. The van der Waals surface area contributed by atoms with Crippen LogP contribution in [0.25, 0.3) is 28.0 Å². The van der Waals surface area contributed by atoms with Crippen molar-refractivity contribution >= 4 is 22.8 Å². The first-order valence-corrected chi connectivity index (χ1v) is 9.86. The summed E-state index contributed by atoms with van der Waals surface area (Å²) < 4.78 is 7.01. The minimum atomic E-state index is -0.353. The van der Waals surface area contributed by atoms with Crippen molar-refractivity contribution in [1.29, 1.82) is 0 Å². The highest BCUT2D eigenvalue weighted by molar-refractivity contribution is 6.27. The molecule has 4 aromatic rings. The predicted octanol–water partition coefficient (Wildman–Crippen LogP) is 3.94. The second-order valence-electron chi connectivity index (χ2n) is 7.75. The van der Waals surface area contributed by atoms with Crippen LogP contribution in [0.3, 0.4) is 0 Å². The zero-order valence-electron chi connectivity index (χ0n) is 17.6. The summed E-state index contributed by atoms with van der Waals surface area (Å²) in [6.07, 6.45) is 1.47. The minimum Gasteiger partial charge on any atom is -0.497 e. The van der Waals surface area contributed by atoms with Crippen LogP contribution in [0.15, 0.2) is 48.7 Å². The number of benzene rings is 2. The fourth-order valence-corrected chi connectivity index (χ4v) is 4.11. The molecule has 0 bridgehead atoms. The Bertz CT molecular complexity index is 1370. The van der Waals surface area contributed by atoms with Gasteiger partial charge in [0.15, 0.2) is 5.65 Å². The number of hydrogen-bond donors (Lipinski definition) is 0. The van der Waals surface area contributed by atoms with Crippen LogP contribution < -0.4 is 4.74 Å². The molecule has 5 rings (SSSR count). The van der Waals surface area contributed by atoms with E-state index in [4.69, 9.17) is 9.84 Å². The number of rotatable bonds is 3. The number of ether oxygens (including phenoxy) is 1. The van der Waals surface area contributed by atoms with Crippen LogP contribution in [0.2, 0.25) is 0 Å². The largest absolute Gasteiger partial charge is 0.497 e. The maximum atomic E-state index is 13.0. The van der Waals surface area contributed by atoms with E-state index in [1.54, 1.807) is 11.8 Å². The molecular formula is C24H20N4O3. The Morgan fingerprint density at radius 2 is 1.61 bits per heavy atom. The average Bonchev–Trinajstić information content (AvgIpc) is 3.25. The van der Waals surface area contributed by atoms with Crippen molar-refractivity contribution in [2.45, 2.75) is 13.8 Å². The van der Waals surface area contributed by atoms with Gasteiger partial charge >= 0.3 is 0 Å². The molecule has 7 heteroatoms. The molecular weight excluding hydrogens is 392 g/mol. The standard InChI is InChI=1S/C24H20N4O3/c1-13-9-14(2)11-16(10-13)28-22-20(19-18(12-25-22)23(29)27(3)24(19)30)21(26-28)15-5-7-17(31-4)8-6-15/h5-12H,1-4H3. The van der Waals surface area contributed by atoms with Gasteiger partial charge in [0.1, 0.15) is 11.4 Å². The normalized spacial score (nSPS) is 13.2. The zero-order valence-corrected chi connectivity index (χ0v) is 17.6. The van der Waals surface area contributed by atoms with Crippen molar-refractivity contribution in [2.24, 2.45) is 0 Å². The van der Waals surface area contributed by atoms with Gasteiger partial charge in [0, 0.05) is 18.8 Å². The van der Waals surface area contributed by atoms with E-state index < -0.39 is 0 Å². The van der Waals surface area contributed by atoms with E-state index in [9.17, 15) is 9.59 Å². The number of nitrogens with zero attached hydrogens (tertiary/aromatic N) is 4. The van der Waals surface area contributed by atoms with Gasteiger partial charge in [-0.15, -0.1) is 0 Å². The number of carbonyl (C=O) groups is 2. The van der Waals surface area contributed by atoms with E-state index in [0.717, 1.165) is 33.0 Å². The van der Waals surface area contributed by atoms with Gasteiger partial charge in [-0.25, -0.2) is 9.67 Å². The maximum Gasteiger partial charge on any atom is 0.262 e. The SMILES string of the molecule is COc1ccc(-c2nn(-c3cc(C)cc(C)c3)c3ncc4c(c23)C(=O)N(C)C4=O)cc1. The topological polar surface area (TPSA) is 77.3 Å². The van der Waals surface area contributed by atoms with Crippen molar-refractivity contribution < 1.29 is 14.3 Å². The number of aromatic nitrogens is 3. The Hall–Kier alpha value is -4.00. The summed E-state index contributed by atoms with van der Waals surface area (Å²) in [7, 11) is 3.09. The second kappa shape index (κ2) is 6.77. The number of hydrogen-bond acceptors (Lipinski definition) is 5. The number of carbonyl (C=O) groups excluding carboxylic acids is 2. The van der Waals surface area contributed by atoms with Crippen molar-refractivity contribution in [1.82, 2.24) is 19.7 Å². The lowest BCUT2D eigenvalue weighted by molar-refractivity contribution is 0.0693. The quantitative estimate of drug-likeness (QED) is 0.477. The van der Waals surface area contributed by atoms with Crippen LogP contribution in [-0.2, 0) is 0 Å². The first-order valence-electron chi connectivity index (χ1n) is 9.86. The molecule has 154 valence electrons. The molecule has 1 aliphatic heterocycles. The molecule has 2 aromatic carbocycles. The number of pyridine rings is 1. The van der Waals surface area contributed by atoms with Crippen LogP contribution >= 0.6 is 0 Å². The Morgan fingerprint density at radius 1 is 0.935 bits per heavy atom. The number of aryl methyl sites for hydroxylation is 2. The number of amides is 2. The van der Waals surface area contributed by atoms with E-state index in [-0.39, 0.29) is 11.8 Å². The molecule has 2 aromatic heterocycles. The fraction of sp³-hybridized carbons (Fsp3) is 0.167. The molecule has 0 saturated heterocycles. The van der Waals surface area contributed by atoms with Crippen molar-refractivity contribution in [3.63, 3.8) is 0 Å². The van der Waals surface area contributed by atoms with Gasteiger partial charge in [-0.3, -0.25) is 14.5 Å². The second-order valence-corrected chi connectivity index (χ2v) is 7.75. The van der Waals surface area contributed by atoms with Gasteiger partial charge in [-0.05, 0) is 61.4 Å². The highest BCUT2D eigenvalue weighted by Gasteiger charge is 2.37. The summed E-state index contributed by atoms with van der Waals surface area (Å²) in [5.74, 6) is 0.0208. The number of fused-ring (bicyclic) bond motifs is 3. The lowest BCUT2D eigenvalue weighted by Crippen LogP contribution is -2.24. The number of imide groups is 1. The molecule has 0 fully saturated rings. The first kappa shape index (κ1) is 19.0. The smallest absolute Gasteiger partial charge is 0.262 e. The Morgan fingerprint density at radius 3 is 2.26 bits per heavy atom. The summed E-state index contributed by atoms with van der Waals surface area (Å²) in [4.78, 5) is 31.2.